The molecule has 1 saturated heterocycles. The molecule has 0 amide bonds. The summed E-state index contributed by atoms with van der Waals surface area (Å²) in [5.41, 5.74) is 5.89. The Balaban J connectivity index is 1.50. The average molecular weight is 453 g/mol. The first-order valence-corrected chi connectivity index (χ1v) is 11.5. The van der Waals surface area contributed by atoms with Gasteiger partial charge in [0.25, 0.3) is 0 Å². The molecule has 5 rings (SSSR count). The number of anilines is 2. The molecule has 0 atom stereocenters. The highest BCUT2D eigenvalue weighted by Gasteiger charge is 2.24. The van der Waals surface area contributed by atoms with Crippen molar-refractivity contribution in [3.8, 4) is 11.1 Å². The van der Waals surface area contributed by atoms with Crippen LogP contribution in [0, 0.1) is 19.7 Å². The van der Waals surface area contributed by atoms with Crippen molar-refractivity contribution in [2.45, 2.75) is 13.8 Å². The quantitative estimate of drug-likeness (QED) is 0.352. The first-order chi connectivity index (χ1) is 15.0. The molecule has 0 spiro atoms. The Bertz CT molecular complexity index is 1250. The highest BCUT2D eigenvalue weighted by molar-refractivity contribution is 7.17. The van der Waals surface area contributed by atoms with Gasteiger partial charge in [-0.3, -0.25) is 0 Å². The Morgan fingerprint density at radius 1 is 0.903 bits per heavy atom. The van der Waals surface area contributed by atoms with E-state index in [2.05, 4.69) is 57.2 Å². The van der Waals surface area contributed by atoms with Gasteiger partial charge in [0, 0.05) is 42.8 Å². The van der Waals surface area contributed by atoms with Crippen LogP contribution >= 0.6 is 22.9 Å². The molecule has 2 aromatic carbocycles. The molecular weight excluding hydrogens is 431 g/mol. The molecule has 0 saturated carbocycles. The van der Waals surface area contributed by atoms with Crippen molar-refractivity contribution in [3.05, 3.63) is 70.1 Å². The van der Waals surface area contributed by atoms with E-state index in [4.69, 9.17) is 11.6 Å². The van der Waals surface area contributed by atoms with Gasteiger partial charge >= 0.3 is 0 Å². The summed E-state index contributed by atoms with van der Waals surface area (Å²) in [6, 6.07) is 13.2. The molecule has 1 fully saturated rings. The second-order valence-electron chi connectivity index (χ2n) is 7.91. The minimum Gasteiger partial charge on any atom is -0.368 e. The van der Waals surface area contributed by atoms with Crippen LogP contribution in [0.25, 0.3) is 21.3 Å². The molecule has 1 aliphatic heterocycles. The summed E-state index contributed by atoms with van der Waals surface area (Å²) in [7, 11) is 0. The number of piperazine rings is 1. The van der Waals surface area contributed by atoms with E-state index in [0.29, 0.717) is 0 Å². The number of benzene rings is 2. The standard InChI is InChI=1S/C24H22ClFN4S/c1-15-3-8-19(16(2)13-15)20-14-31-23-21(20)22(27-24(25)28-23)30-11-9-29(10-12-30)18-6-4-17(26)5-7-18/h3-8,13-14H,9-12H2,1-2H3. The maximum atomic E-state index is 13.3. The smallest absolute Gasteiger partial charge is 0.225 e. The molecule has 7 heteroatoms. The van der Waals surface area contributed by atoms with E-state index in [9.17, 15) is 4.39 Å². The summed E-state index contributed by atoms with van der Waals surface area (Å²) in [5.74, 6) is 0.682. The van der Waals surface area contributed by atoms with Gasteiger partial charge in [-0.2, -0.15) is 4.98 Å². The number of fused-ring (bicyclic) bond motifs is 1. The molecule has 0 unspecified atom stereocenters. The van der Waals surface area contributed by atoms with E-state index in [-0.39, 0.29) is 11.1 Å². The number of nitrogens with zero attached hydrogens (tertiary/aromatic N) is 4. The molecule has 31 heavy (non-hydrogen) atoms. The van der Waals surface area contributed by atoms with Crippen LogP contribution in [-0.2, 0) is 0 Å². The fraction of sp³-hybridized carbons (Fsp3) is 0.250. The third-order valence-corrected chi connectivity index (χ3v) is 6.87. The van der Waals surface area contributed by atoms with E-state index in [1.807, 2.05) is 12.1 Å². The van der Waals surface area contributed by atoms with Gasteiger partial charge < -0.3 is 9.80 Å². The van der Waals surface area contributed by atoms with E-state index in [1.54, 1.807) is 11.3 Å². The van der Waals surface area contributed by atoms with Crippen LogP contribution in [-0.4, -0.2) is 36.1 Å². The monoisotopic (exact) mass is 452 g/mol. The zero-order chi connectivity index (χ0) is 21.5. The first-order valence-electron chi connectivity index (χ1n) is 10.3. The Kier molecular flexibility index (Phi) is 5.28. The minimum absolute atomic E-state index is 0.211. The van der Waals surface area contributed by atoms with Crippen molar-refractivity contribution in [2.24, 2.45) is 0 Å². The van der Waals surface area contributed by atoms with Gasteiger partial charge in [0.15, 0.2) is 0 Å². The van der Waals surface area contributed by atoms with Gasteiger partial charge in [0.1, 0.15) is 16.5 Å². The number of aromatic nitrogens is 2. The fourth-order valence-corrected chi connectivity index (χ4v) is 5.42. The van der Waals surface area contributed by atoms with Gasteiger partial charge in [-0.1, -0.05) is 23.8 Å². The number of rotatable bonds is 3. The minimum atomic E-state index is -0.211. The maximum absolute atomic E-state index is 13.3. The second kappa shape index (κ2) is 8.09. The van der Waals surface area contributed by atoms with Gasteiger partial charge in [-0.25, -0.2) is 9.37 Å². The van der Waals surface area contributed by atoms with Gasteiger partial charge in [0.05, 0.1) is 5.39 Å². The summed E-state index contributed by atoms with van der Waals surface area (Å²) in [5, 5.41) is 3.50. The molecule has 4 nitrogen and oxygen atoms in total. The molecule has 0 bridgehead atoms. The van der Waals surface area contributed by atoms with Crippen LogP contribution in [0.4, 0.5) is 15.9 Å². The molecule has 2 aromatic heterocycles. The maximum Gasteiger partial charge on any atom is 0.225 e. The zero-order valence-corrected chi connectivity index (χ0v) is 19.0. The van der Waals surface area contributed by atoms with Crippen LogP contribution in [0.15, 0.2) is 47.8 Å². The number of hydrogen-bond donors (Lipinski definition) is 0. The zero-order valence-electron chi connectivity index (χ0n) is 17.4. The summed E-state index contributed by atoms with van der Waals surface area (Å²) >= 11 is 7.91. The molecular formula is C24H22ClFN4S. The topological polar surface area (TPSA) is 32.3 Å². The predicted molar refractivity (Wildman–Crippen MR) is 128 cm³/mol. The summed E-state index contributed by atoms with van der Waals surface area (Å²) in [6.07, 6.45) is 0. The molecule has 0 radical (unpaired) electrons. The van der Waals surface area contributed by atoms with Crippen LogP contribution < -0.4 is 9.80 Å². The Morgan fingerprint density at radius 2 is 1.61 bits per heavy atom. The van der Waals surface area contributed by atoms with E-state index < -0.39 is 0 Å². The van der Waals surface area contributed by atoms with Crippen LogP contribution in [0.3, 0.4) is 0 Å². The Morgan fingerprint density at radius 3 is 2.32 bits per heavy atom. The van der Waals surface area contributed by atoms with Gasteiger partial charge in [-0.05, 0) is 60.8 Å². The van der Waals surface area contributed by atoms with Crippen LogP contribution in [0.5, 0.6) is 0 Å². The van der Waals surface area contributed by atoms with Crippen molar-refractivity contribution in [3.63, 3.8) is 0 Å². The molecule has 4 aromatic rings. The highest BCUT2D eigenvalue weighted by atomic mass is 35.5. The lowest BCUT2D eigenvalue weighted by Gasteiger charge is -2.37. The summed E-state index contributed by atoms with van der Waals surface area (Å²) in [4.78, 5) is 14.6. The SMILES string of the molecule is Cc1ccc(-c2csc3nc(Cl)nc(N4CCN(c5ccc(F)cc5)CC4)c23)c(C)c1. The normalized spacial score (nSPS) is 14.5. The van der Waals surface area contributed by atoms with Crippen LogP contribution in [0.2, 0.25) is 5.28 Å². The summed E-state index contributed by atoms with van der Waals surface area (Å²) < 4.78 is 13.3. The van der Waals surface area contributed by atoms with Crippen LogP contribution in [0.1, 0.15) is 11.1 Å². The third kappa shape index (κ3) is 3.86. The number of halogens is 2. The Hall–Kier alpha value is -2.70. The van der Waals surface area contributed by atoms with E-state index >= 15 is 0 Å². The van der Waals surface area contributed by atoms with Crippen molar-refractivity contribution in [1.29, 1.82) is 0 Å². The van der Waals surface area contributed by atoms with Gasteiger partial charge in [0.2, 0.25) is 5.28 Å². The third-order valence-electron chi connectivity index (χ3n) is 5.83. The largest absolute Gasteiger partial charge is 0.368 e. The summed E-state index contributed by atoms with van der Waals surface area (Å²) in [6.45, 7) is 7.53. The van der Waals surface area contributed by atoms with Gasteiger partial charge in [-0.15, -0.1) is 11.3 Å². The molecule has 0 N–H and O–H groups in total. The Labute approximate surface area is 189 Å². The molecule has 3 heterocycles. The van der Waals surface area contributed by atoms with E-state index in [0.717, 1.165) is 53.5 Å². The lowest BCUT2D eigenvalue weighted by molar-refractivity contribution is 0.624. The second-order valence-corrected chi connectivity index (χ2v) is 9.11. The number of aryl methyl sites for hydroxylation is 2. The predicted octanol–water partition coefficient (Wildman–Crippen LogP) is 6.09. The van der Waals surface area contributed by atoms with Crippen molar-refractivity contribution in [1.82, 2.24) is 9.97 Å². The van der Waals surface area contributed by atoms with E-state index in [1.165, 1.54) is 28.8 Å². The first kappa shape index (κ1) is 20.2. The fourth-order valence-electron chi connectivity index (χ4n) is 4.27. The number of thiophene rings is 1. The highest BCUT2D eigenvalue weighted by Crippen LogP contribution is 2.40. The lowest BCUT2D eigenvalue weighted by atomic mass is 9.99. The molecule has 1 aliphatic rings. The number of hydrogen-bond acceptors (Lipinski definition) is 5. The molecule has 0 aliphatic carbocycles. The lowest BCUT2D eigenvalue weighted by Crippen LogP contribution is -2.47. The van der Waals surface area contributed by atoms with Crippen molar-refractivity contribution >= 4 is 44.7 Å². The van der Waals surface area contributed by atoms with Crippen molar-refractivity contribution < 1.29 is 4.39 Å². The van der Waals surface area contributed by atoms with Crippen molar-refractivity contribution in [2.75, 3.05) is 36.0 Å². The average Bonchev–Trinajstić information content (AvgIpc) is 3.17. The molecule has 158 valence electrons.